The molecule has 0 unspecified atom stereocenters. The van der Waals surface area contributed by atoms with E-state index in [0.29, 0.717) is 17.3 Å². The highest BCUT2D eigenvalue weighted by atomic mass is 35.5. The Labute approximate surface area is 201 Å². The molecule has 0 saturated heterocycles. The Kier molecular flexibility index (Phi) is 9.15. The number of halogens is 6. The quantitative estimate of drug-likeness (QED) is 0.222. The first-order valence-corrected chi connectivity index (χ1v) is 10.3. The topological polar surface area (TPSA) is 95.9 Å². The van der Waals surface area contributed by atoms with Crippen LogP contribution < -0.4 is 15.6 Å². The molecular formula is C19H17Cl3F3N5O3. The number of anilines is 2. The van der Waals surface area contributed by atoms with Gasteiger partial charge in [-0.3, -0.25) is 10.1 Å². The zero-order valence-electron chi connectivity index (χ0n) is 17.1. The second-order valence-electron chi connectivity index (χ2n) is 6.28. The number of carbonyl (C=O) groups excluding carboxylic acids is 2. The lowest BCUT2D eigenvalue weighted by molar-refractivity contribution is -0.141. The number of nitrogens with zero attached hydrogens (tertiary/aromatic N) is 3. The van der Waals surface area contributed by atoms with Crippen LogP contribution in [0.4, 0.5) is 29.5 Å². The van der Waals surface area contributed by atoms with Gasteiger partial charge in [0.1, 0.15) is 12.3 Å². The molecule has 2 N–H and O–H groups in total. The van der Waals surface area contributed by atoms with Gasteiger partial charge in [0.05, 0.1) is 27.9 Å². The molecule has 0 aliphatic carbocycles. The first-order valence-electron chi connectivity index (χ1n) is 9.13. The van der Waals surface area contributed by atoms with Gasteiger partial charge < -0.3 is 10.1 Å². The van der Waals surface area contributed by atoms with Gasteiger partial charge in [0.2, 0.25) is 0 Å². The van der Waals surface area contributed by atoms with E-state index < -0.39 is 30.2 Å². The Balaban J connectivity index is 2.26. The lowest BCUT2D eigenvalue weighted by Crippen LogP contribution is -2.37. The number of rotatable bonds is 6. The van der Waals surface area contributed by atoms with E-state index in [2.05, 4.69) is 20.7 Å². The maximum atomic E-state index is 12.8. The molecule has 0 spiro atoms. The molecule has 14 heteroatoms. The Bertz CT molecular complexity index is 1070. The van der Waals surface area contributed by atoms with Crippen LogP contribution in [-0.4, -0.2) is 36.5 Å². The van der Waals surface area contributed by atoms with Gasteiger partial charge in [0, 0.05) is 18.3 Å². The third-order valence-electron chi connectivity index (χ3n) is 3.78. The summed E-state index contributed by atoms with van der Waals surface area (Å²) in [6.45, 7) is 1.68. The van der Waals surface area contributed by atoms with E-state index in [1.807, 2.05) is 0 Å². The number of ether oxygens (including phenoxy) is 1. The Morgan fingerprint density at radius 3 is 2.45 bits per heavy atom. The van der Waals surface area contributed by atoms with Gasteiger partial charge in [-0.1, -0.05) is 34.8 Å². The molecule has 33 heavy (non-hydrogen) atoms. The lowest BCUT2D eigenvalue weighted by atomic mass is 10.3. The molecule has 0 atom stereocenters. The average Bonchev–Trinajstić information content (AvgIpc) is 2.69. The minimum atomic E-state index is -4.63. The van der Waals surface area contributed by atoms with E-state index in [1.54, 1.807) is 6.92 Å². The van der Waals surface area contributed by atoms with Gasteiger partial charge in [-0.15, -0.1) is 0 Å². The first-order chi connectivity index (χ1) is 15.4. The molecule has 8 nitrogen and oxygen atoms in total. The number of aromatic nitrogens is 1. The fourth-order valence-electron chi connectivity index (χ4n) is 2.38. The highest BCUT2D eigenvalue weighted by Gasteiger charge is 2.32. The molecule has 178 valence electrons. The summed E-state index contributed by atoms with van der Waals surface area (Å²) in [6.07, 6.45) is -4.51. The average molecular weight is 527 g/mol. The summed E-state index contributed by atoms with van der Waals surface area (Å²) in [4.78, 5) is 28.0. The predicted molar refractivity (Wildman–Crippen MR) is 120 cm³/mol. The van der Waals surface area contributed by atoms with Crippen molar-refractivity contribution in [1.82, 2.24) is 10.3 Å². The summed E-state index contributed by atoms with van der Waals surface area (Å²) in [5, 5.41) is 10.1. The van der Waals surface area contributed by atoms with Gasteiger partial charge >= 0.3 is 18.2 Å². The largest absolute Gasteiger partial charge is 0.466 e. The van der Waals surface area contributed by atoms with Crippen LogP contribution in [0.25, 0.3) is 0 Å². The molecule has 0 fully saturated rings. The minimum absolute atomic E-state index is 0.0841. The smallest absolute Gasteiger partial charge is 0.417 e. The van der Waals surface area contributed by atoms with Crippen molar-refractivity contribution in [3.63, 3.8) is 0 Å². The maximum absolute atomic E-state index is 12.8. The van der Waals surface area contributed by atoms with E-state index in [9.17, 15) is 22.8 Å². The zero-order valence-corrected chi connectivity index (χ0v) is 19.4. The number of amidine groups is 1. The summed E-state index contributed by atoms with van der Waals surface area (Å²) >= 11 is 17.8. The van der Waals surface area contributed by atoms with Crippen molar-refractivity contribution in [2.45, 2.75) is 19.5 Å². The molecule has 1 heterocycles. The molecule has 2 amide bonds. The van der Waals surface area contributed by atoms with Crippen LogP contribution in [-0.2, 0) is 15.7 Å². The number of urea groups is 1. The summed E-state index contributed by atoms with van der Waals surface area (Å²) in [7, 11) is 1.32. The second-order valence-corrected chi connectivity index (χ2v) is 7.53. The third-order valence-corrected chi connectivity index (χ3v) is 4.61. The summed E-state index contributed by atoms with van der Waals surface area (Å²) in [6, 6.07) is 4.26. The maximum Gasteiger partial charge on any atom is 0.417 e. The van der Waals surface area contributed by atoms with E-state index >= 15 is 0 Å². The highest BCUT2D eigenvalue weighted by molar-refractivity contribution is 6.36. The Hall–Kier alpha value is -2.76. The van der Waals surface area contributed by atoms with E-state index in [0.717, 1.165) is 5.01 Å². The molecule has 2 aromatic rings. The second kappa shape index (κ2) is 11.4. The standard InChI is InChI=1S/C19H17Cl3F3N5O3/c1-3-33-16(31)8-15(28-18(32)27-14-5-4-11(20)7-12(14)21)29-30(2)17-13(22)6-10(9-26-17)19(23,24)25/h4-7,9H,3,8H2,1-2H3,(H2,27,28,29,32). The molecule has 0 bridgehead atoms. The van der Waals surface area contributed by atoms with Crippen LogP contribution in [0, 0.1) is 0 Å². The Morgan fingerprint density at radius 2 is 1.88 bits per heavy atom. The van der Waals surface area contributed by atoms with Crippen LogP contribution in [0.2, 0.25) is 15.1 Å². The van der Waals surface area contributed by atoms with Gasteiger partial charge in [-0.25, -0.2) is 14.8 Å². The summed E-state index contributed by atoms with van der Waals surface area (Å²) in [5.74, 6) is -1.05. The van der Waals surface area contributed by atoms with Crippen LogP contribution in [0.15, 0.2) is 35.6 Å². The van der Waals surface area contributed by atoms with Crippen molar-refractivity contribution in [2.75, 3.05) is 24.0 Å². The van der Waals surface area contributed by atoms with Crippen molar-refractivity contribution < 1.29 is 27.5 Å². The molecule has 0 saturated carbocycles. The van der Waals surface area contributed by atoms with Crippen molar-refractivity contribution in [3.8, 4) is 0 Å². The van der Waals surface area contributed by atoms with E-state index in [1.165, 1.54) is 25.2 Å². The monoisotopic (exact) mass is 525 g/mol. The number of esters is 1. The van der Waals surface area contributed by atoms with Gasteiger partial charge in [-0.2, -0.15) is 18.3 Å². The fraction of sp³-hybridized carbons (Fsp3) is 0.263. The fourth-order valence-corrected chi connectivity index (χ4v) is 3.13. The molecule has 1 aromatic heterocycles. The first kappa shape index (κ1) is 26.5. The van der Waals surface area contributed by atoms with E-state index in [-0.39, 0.29) is 34.0 Å². The van der Waals surface area contributed by atoms with Crippen LogP contribution >= 0.6 is 34.8 Å². The third kappa shape index (κ3) is 7.95. The minimum Gasteiger partial charge on any atom is -0.466 e. The van der Waals surface area contributed by atoms with Crippen molar-refractivity contribution in [2.24, 2.45) is 5.10 Å². The molecule has 2 rings (SSSR count). The molecule has 0 aliphatic heterocycles. The summed E-state index contributed by atoms with van der Waals surface area (Å²) in [5.41, 5.74) is -0.812. The van der Waals surface area contributed by atoms with Gasteiger partial charge in [-0.05, 0) is 31.2 Å². The number of nitrogens with one attached hydrogen (secondary N) is 2. The molecule has 0 aliphatic rings. The number of benzene rings is 1. The van der Waals surface area contributed by atoms with E-state index in [4.69, 9.17) is 39.5 Å². The zero-order chi connectivity index (χ0) is 24.8. The molecule has 1 aromatic carbocycles. The van der Waals surface area contributed by atoms with Crippen molar-refractivity contribution in [3.05, 3.63) is 51.1 Å². The normalized spacial score (nSPS) is 11.7. The van der Waals surface area contributed by atoms with Crippen molar-refractivity contribution >= 4 is 64.1 Å². The predicted octanol–water partition coefficient (Wildman–Crippen LogP) is 5.59. The van der Waals surface area contributed by atoms with Crippen molar-refractivity contribution in [1.29, 1.82) is 0 Å². The van der Waals surface area contributed by atoms with Crippen LogP contribution in [0.3, 0.4) is 0 Å². The summed E-state index contributed by atoms with van der Waals surface area (Å²) < 4.78 is 43.4. The molecule has 0 radical (unpaired) electrons. The van der Waals surface area contributed by atoms with Crippen LogP contribution in [0.5, 0.6) is 0 Å². The SMILES string of the molecule is CCOC(=O)CC(=NN(C)c1ncc(C(F)(F)F)cc1Cl)NC(=O)Nc1ccc(Cl)cc1Cl. The lowest BCUT2D eigenvalue weighted by Gasteiger charge is -2.18. The van der Waals surface area contributed by atoms with Gasteiger partial charge in [0.15, 0.2) is 5.82 Å². The number of amides is 2. The Morgan fingerprint density at radius 1 is 1.18 bits per heavy atom. The number of alkyl halides is 3. The molecular weight excluding hydrogens is 510 g/mol. The van der Waals surface area contributed by atoms with Gasteiger partial charge in [0.25, 0.3) is 0 Å². The highest BCUT2D eigenvalue weighted by Crippen LogP contribution is 2.33. The number of pyridine rings is 1. The number of hydrogen-bond donors (Lipinski definition) is 2. The number of hydrazone groups is 1. The van der Waals surface area contributed by atoms with Crippen LogP contribution in [0.1, 0.15) is 18.9 Å². The number of hydrogen-bond acceptors (Lipinski definition) is 6. The number of carbonyl (C=O) groups is 2.